The van der Waals surface area contributed by atoms with Crippen molar-refractivity contribution in [3.63, 3.8) is 0 Å². The summed E-state index contributed by atoms with van der Waals surface area (Å²) < 4.78 is 15.3. The van der Waals surface area contributed by atoms with E-state index < -0.39 is 26.1 Å². The van der Waals surface area contributed by atoms with Crippen molar-refractivity contribution in [1.82, 2.24) is 4.98 Å². The van der Waals surface area contributed by atoms with Crippen molar-refractivity contribution in [1.29, 1.82) is 0 Å². The number of pyridine rings is 1. The molecular formula is C15H14N3Na3O8P. The van der Waals surface area contributed by atoms with Crippen molar-refractivity contribution in [2.45, 2.75) is 13.5 Å². The molecule has 0 spiro atoms. The molecule has 0 atom stereocenters. The number of aryl methyl sites for hydroxylation is 1. The van der Waals surface area contributed by atoms with Gasteiger partial charge < -0.3 is 20.0 Å². The van der Waals surface area contributed by atoms with Gasteiger partial charge in [0.25, 0.3) is 0 Å². The number of aldehydes is 1. The number of benzene rings is 1. The van der Waals surface area contributed by atoms with Crippen LogP contribution in [-0.4, -0.2) is 126 Å². The summed E-state index contributed by atoms with van der Waals surface area (Å²) in [6.07, 6.45) is 0.281. The third-order valence-electron chi connectivity index (χ3n) is 3.34. The largest absolute Gasteiger partial charge is 0.505 e. The molecule has 3 radical (unpaired) electrons. The van der Waals surface area contributed by atoms with Crippen LogP contribution in [0.3, 0.4) is 0 Å². The van der Waals surface area contributed by atoms with Crippen molar-refractivity contribution >= 4 is 120 Å². The number of phosphoric acid groups is 1. The van der Waals surface area contributed by atoms with E-state index in [1.54, 1.807) is 0 Å². The molecule has 0 aliphatic heterocycles. The Morgan fingerprint density at radius 1 is 1.17 bits per heavy atom. The van der Waals surface area contributed by atoms with Crippen molar-refractivity contribution in [2.75, 3.05) is 0 Å². The molecule has 0 saturated heterocycles. The number of carboxylic acid groups (broad SMARTS) is 1. The van der Waals surface area contributed by atoms with Gasteiger partial charge in [0.15, 0.2) is 12.1 Å². The number of aromatic nitrogens is 1. The molecular weight excluding hydrogens is 450 g/mol. The topological polar surface area (TPSA) is 179 Å². The second-order valence-corrected chi connectivity index (χ2v) is 6.43. The number of aromatic hydroxyl groups is 1. The second kappa shape index (κ2) is 14.2. The Hall–Kier alpha value is 0.0200. The summed E-state index contributed by atoms with van der Waals surface area (Å²) in [7, 11) is -4.85. The van der Waals surface area contributed by atoms with Crippen molar-refractivity contribution < 1.29 is 38.7 Å². The quantitative estimate of drug-likeness (QED) is 0.204. The van der Waals surface area contributed by atoms with Crippen LogP contribution >= 0.6 is 7.82 Å². The van der Waals surface area contributed by atoms with Gasteiger partial charge in [0.2, 0.25) is 0 Å². The maximum absolute atomic E-state index is 11.3. The predicted octanol–water partition coefficient (Wildman–Crippen LogP) is 1.49. The summed E-state index contributed by atoms with van der Waals surface area (Å²) in [4.78, 5) is 43.8. The molecule has 145 valence electrons. The maximum atomic E-state index is 11.3. The number of phosphoric ester groups is 1. The van der Waals surface area contributed by atoms with Gasteiger partial charge in [0.1, 0.15) is 5.75 Å². The Labute approximate surface area is 237 Å². The fraction of sp³-hybridized carbons (Fsp3) is 0.133. The van der Waals surface area contributed by atoms with Gasteiger partial charge in [-0.05, 0) is 31.2 Å². The maximum Gasteiger partial charge on any atom is 0.469 e. The van der Waals surface area contributed by atoms with Crippen LogP contribution in [0.5, 0.6) is 5.75 Å². The van der Waals surface area contributed by atoms with Gasteiger partial charge in [0, 0.05) is 94.2 Å². The van der Waals surface area contributed by atoms with Crippen LogP contribution in [0.15, 0.2) is 34.5 Å². The predicted molar refractivity (Wildman–Crippen MR) is 108 cm³/mol. The van der Waals surface area contributed by atoms with Crippen molar-refractivity contribution in [3.05, 3.63) is 46.6 Å². The Balaban J connectivity index is 0. The molecule has 0 unspecified atom stereocenters. The van der Waals surface area contributed by atoms with E-state index in [0.717, 1.165) is 0 Å². The number of nitrogens with zero attached hydrogens (tertiary/aromatic N) is 3. The zero-order chi connectivity index (χ0) is 20.2. The summed E-state index contributed by atoms with van der Waals surface area (Å²) in [6.45, 7) is 0.655. The van der Waals surface area contributed by atoms with E-state index in [9.17, 15) is 19.3 Å². The van der Waals surface area contributed by atoms with Crippen LogP contribution in [0.2, 0.25) is 0 Å². The minimum atomic E-state index is -4.85. The zero-order valence-corrected chi connectivity index (χ0v) is 23.7. The summed E-state index contributed by atoms with van der Waals surface area (Å²) >= 11 is 0. The molecule has 0 aliphatic carbocycles. The van der Waals surface area contributed by atoms with Gasteiger partial charge in [-0.25, -0.2) is 14.3 Å². The smallest absolute Gasteiger partial charge is 0.469 e. The van der Waals surface area contributed by atoms with E-state index in [4.69, 9.17) is 14.9 Å². The van der Waals surface area contributed by atoms with Gasteiger partial charge in [-0.1, -0.05) is 0 Å². The van der Waals surface area contributed by atoms with Crippen LogP contribution in [0.1, 0.15) is 32.0 Å². The molecule has 11 nitrogen and oxygen atoms in total. The standard InChI is InChI=1S/C15H14N3O8P.3Na/c1-8-13(20)11(6-19)12(7-26-27(23,24)25)14(16-8)18-17-10-4-2-9(3-5-10)15(21)22;;;/h2-6,20H,7H2,1H3,(H,21,22)(H2,23,24,25);;;. The van der Waals surface area contributed by atoms with Crippen LogP contribution in [0.25, 0.3) is 0 Å². The molecule has 0 aliphatic rings. The molecule has 0 amide bonds. The number of hydrogen-bond acceptors (Lipinski definition) is 8. The van der Waals surface area contributed by atoms with Crippen LogP contribution in [0, 0.1) is 6.92 Å². The summed E-state index contributed by atoms with van der Waals surface area (Å²) in [5.74, 6) is -1.77. The minimum Gasteiger partial charge on any atom is -0.505 e. The van der Waals surface area contributed by atoms with Crippen molar-refractivity contribution in [3.8, 4) is 5.75 Å². The third kappa shape index (κ3) is 9.25. The number of hydrogen-bond donors (Lipinski definition) is 4. The second-order valence-electron chi connectivity index (χ2n) is 5.20. The molecule has 2 aromatic rings. The number of carboxylic acids is 1. The van der Waals surface area contributed by atoms with Gasteiger partial charge in [0.05, 0.1) is 29.1 Å². The molecule has 1 heterocycles. The number of aromatic carboxylic acids is 1. The first-order chi connectivity index (χ1) is 12.6. The molecule has 0 saturated carbocycles. The first-order valence-electron chi connectivity index (χ1n) is 7.25. The van der Waals surface area contributed by atoms with Crippen molar-refractivity contribution in [2.24, 2.45) is 10.2 Å². The number of rotatable bonds is 7. The monoisotopic (exact) mass is 464 g/mol. The Kier molecular flexibility index (Phi) is 15.3. The molecule has 0 bridgehead atoms. The number of carbonyl (C=O) groups is 2. The van der Waals surface area contributed by atoms with Crippen LogP contribution < -0.4 is 0 Å². The normalized spacial score (nSPS) is 10.5. The van der Waals surface area contributed by atoms with Gasteiger partial charge >= 0.3 is 13.8 Å². The minimum absolute atomic E-state index is 0. The SMILES string of the molecule is Cc1nc(N=Nc2ccc(C(=O)O)cc2)c(COP(=O)(O)O)c(C=O)c1O.[Na].[Na].[Na]. The molecule has 0 fully saturated rings. The molecule has 1 aromatic heterocycles. The van der Waals surface area contributed by atoms with E-state index in [1.807, 2.05) is 0 Å². The van der Waals surface area contributed by atoms with E-state index in [-0.39, 0.29) is 129 Å². The first-order valence-corrected chi connectivity index (χ1v) is 8.78. The first kappa shape index (κ1) is 32.2. The van der Waals surface area contributed by atoms with E-state index in [1.165, 1.54) is 31.2 Å². The summed E-state index contributed by atoms with van der Waals surface area (Å²) in [5, 5.41) is 26.5. The van der Waals surface area contributed by atoms with Crippen LogP contribution in [-0.2, 0) is 15.7 Å². The van der Waals surface area contributed by atoms with Gasteiger partial charge in [-0.2, -0.15) is 0 Å². The average Bonchev–Trinajstić information content (AvgIpc) is 2.60. The third-order valence-corrected chi connectivity index (χ3v) is 3.80. The van der Waals surface area contributed by atoms with Gasteiger partial charge in [-0.3, -0.25) is 9.32 Å². The average molecular weight is 464 g/mol. The molecule has 4 N–H and O–H groups in total. The van der Waals surface area contributed by atoms with Gasteiger partial charge in [-0.15, -0.1) is 10.2 Å². The fourth-order valence-corrected chi connectivity index (χ4v) is 2.31. The Morgan fingerprint density at radius 2 is 1.73 bits per heavy atom. The molecule has 1 aromatic carbocycles. The van der Waals surface area contributed by atoms with E-state index >= 15 is 0 Å². The Bertz CT molecular complexity index is 967. The zero-order valence-electron chi connectivity index (χ0n) is 16.8. The number of azo groups is 1. The van der Waals surface area contributed by atoms with E-state index in [0.29, 0.717) is 0 Å². The Morgan fingerprint density at radius 3 is 2.20 bits per heavy atom. The molecule has 15 heteroatoms. The summed E-state index contributed by atoms with van der Waals surface area (Å²) in [5.41, 5.74) is -0.0887. The van der Waals surface area contributed by atoms with Crippen LogP contribution in [0.4, 0.5) is 11.5 Å². The van der Waals surface area contributed by atoms with E-state index in [2.05, 4.69) is 19.7 Å². The number of carbonyl (C=O) groups excluding carboxylic acids is 1. The fourth-order valence-electron chi connectivity index (χ4n) is 2.01. The molecule has 30 heavy (non-hydrogen) atoms. The summed E-state index contributed by atoms with van der Waals surface area (Å²) in [6, 6.07) is 5.38. The molecule has 2 rings (SSSR count).